The monoisotopic (exact) mass is 379 g/mol. The van der Waals surface area contributed by atoms with Crippen LogP contribution in [0.5, 0.6) is 0 Å². The summed E-state index contributed by atoms with van der Waals surface area (Å²) < 4.78 is 0. The summed E-state index contributed by atoms with van der Waals surface area (Å²) in [7, 11) is 0. The summed E-state index contributed by atoms with van der Waals surface area (Å²) in [4.78, 5) is 60.2. The maximum atomic E-state index is 12.4. The molecule has 0 bridgehead atoms. The molecule has 0 unspecified atom stereocenters. The number of amides is 5. The largest absolute Gasteiger partial charge is 0.325 e. The molecule has 2 aliphatic heterocycles. The third-order valence-electron chi connectivity index (χ3n) is 3.59. The SMILES string of the molecule is Cc1ccc(NC(=O)CN2C(=O)S[C@@H]([C@@H]3SC(=O)NC3=O)C2=O)cc1. The zero-order valence-electron chi connectivity index (χ0n) is 13.0. The number of aryl methyl sites for hydroxylation is 1. The molecule has 0 aromatic heterocycles. The molecule has 8 nitrogen and oxygen atoms in total. The van der Waals surface area contributed by atoms with Gasteiger partial charge in [-0.15, -0.1) is 0 Å². The van der Waals surface area contributed by atoms with Crippen LogP contribution in [0, 0.1) is 6.92 Å². The van der Waals surface area contributed by atoms with Crippen LogP contribution in [0.1, 0.15) is 5.56 Å². The van der Waals surface area contributed by atoms with E-state index in [9.17, 15) is 24.0 Å². The van der Waals surface area contributed by atoms with Gasteiger partial charge in [0.2, 0.25) is 17.7 Å². The first-order chi connectivity index (χ1) is 11.8. The number of carbonyl (C=O) groups excluding carboxylic acids is 5. The number of benzene rings is 1. The van der Waals surface area contributed by atoms with Crippen LogP contribution in [-0.2, 0) is 14.4 Å². The van der Waals surface area contributed by atoms with Crippen molar-refractivity contribution in [2.24, 2.45) is 0 Å². The second kappa shape index (κ2) is 6.89. The van der Waals surface area contributed by atoms with E-state index < -0.39 is 45.2 Å². The summed E-state index contributed by atoms with van der Waals surface area (Å²) in [6, 6.07) is 7.06. The van der Waals surface area contributed by atoms with E-state index in [0.29, 0.717) is 29.2 Å². The van der Waals surface area contributed by atoms with Crippen molar-refractivity contribution in [3.63, 3.8) is 0 Å². The Morgan fingerprint density at radius 3 is 2.40 bits per heavy atom. The van der Waals surface area contributed by atoms with Crippen LogP contribution in [-0.4, -0.2) is 50.1 Å². The molecule has 3 rings (SSSR count). The van der Waals surface area contributed by atoms with Crippen LogP contribution < -0.4 is 10.6 Å². The molecule has 0 aliphatic carbocycles. The lowest BCUT2D eigenvalue weighted by molar-refractivity contribution is -0.131. The van der Waals surface area contributed by atoms with E-state index in [0.717, 1.165) is 10.5 Å². The number of hydrogen-bond donors (Lipinski definition) is 2. The molecule has 1 aromatic carbocycles. The van der Waals surface area contributed by atoms with Crippen molar-refractivity contribution in [3.8, 4) is 0 Å². The summed E-state index contributed by atoms with van der Waals surface area (Å²) in [5.41, 5.74) is 1.58. The molecular formula is C15H13N3O5S2. The van der Waals surface area contributed by atoms with Crippen LogP contribution in [0.2, 0.25) is 0 Å². The number of carbonyl (C=O) groups is 5. The molecule has 2 fully saturated rings. The van der Waals surface area contributed by atoms with E-state index in [-0.39, 0.29) is 0 Å². The lowest BCUT2D eigenvalue weighted by Crippen LogP contribution is -2.42. The Morgan fingerprint density at radius 1 is 1.12 bits per heavy atom. The molecule has 2 aliphatic rings. The minimum absolute atomic E-state index is 0.442. The van der Waals surface area contributed by atoms with Gasteiger partial charge < -0.3 is 5.32 Å². The average molecular weight is 379 g/mol. The number of hydrogen-bond acceptors (Lipinski definition) is 7. The van der Waals surface area contributed by atoms with Gasteiger partial charge in [-0.1, -0.05) is 17.7 Å². The number of rotatable bonds is 4. The highest BCUT2D eigenvalue weighted by Crippen LogP contribution is 2.36. The number of imide groups is 2. The first-order valence-electron chi connectivity index (χ1n) is 7.25. The minimum atomic E-state index is -1.00. The Morgan fingerprint density at radius 2 is 1.80 bits per heavy atom. The quantitative estimate of drug-likeness (QED) is 0.812. The normalized spacial score (nSPS) is 23.2. The lowest BCUT2D eigenvalue weighted by Gasteiger charge is -2.15. The fourth-order valence-electron chi connectivity index (χ4n) is 2.35. The Hall–Kier alpha value is -2.33. The molecule has 0 spiro atoms. The van der Waals surface area contributed by atoms with Gasteiger partial charge in [-0.2, -0.15) is 0 Å². The Kier molecular flexibility index (Phi) is 4.82. The van der Waals surface area contributed by atoms with Crippen LogP contribution in [0.3, 0.4) is 0 Å². The summed E-state index contributed by atoms with van der Waals surface area (Å²) in [6.07, 6.45) is 0. The first kappa shape index (κ1) is 17.5. The van der Waals surface area contributed by atoms with Gasteiger partial charge in [-0.25, -0.2) is 0 Å². The maximum Gasteiger partial charge on any atom is 0.289 e. The number of nitrogens with zero attached hydrogens (tertiary/aromatic N) is 1. The van der Waals surface area contributed by atoms with Gasteiger partial charge in [-0.3, -0.25) is 34.2 Å². The molecule has 2 atom stereocenters. The highest BCUT2D eigenvalue weighted by molar-refractivity contribution is 8.19. The van der Waals surface area contributed by atoms with E-state index in [1.165, 1.54) is 0 Å². The zero-order valence-corrected chi connectivity index (χ0v) is 14.6. The van der Waals surface area contributed by atoms with Crippen molar-refractivity contribution in [3.05, 3.63) is 29.8 Å². The van der Waals surface area contributed by atoms with Gasteiger partial charge in [0.05, 0.1) is 0 Å². The zero-order chi connectivity index (χ0) is 18.1. The van der Waals surface area contributed by atoms with Crippen molar-refractivity contribution in [1.29, 1.82) is 0 Å². The highest BCUT2D eigenvalue weighted by atomic mass is 32.2. The molecule has 130 valence electrons. The lowest BCUT2D eigenvalue weighted by atomic mass is 10.2. The van der Waals surface area contributed by atoms with Crippen LogP contribution in [0.4, 0.5) is 15.3 Å². The predicted octanol–water partition coefficient (Wildman–Crippen LogP) is 1.35. The second-order valence-corrected chi connectivity index (χ2v) is 7.67. The van der Waals surface area contributed by atoms with Crippen LogP contribution in [0.15, 0.2) is 24.3 Å². The number of thioether (sulfide) groups is 2. The molecule has 1 aromatic rings. The van der Waals surface area contributed by atoms with Crippen molar-refractivity contribution in [2.75, 3.05) is 11.9 Å². The third kappa shape index (κ3) is 3.69. The molecule has 5 amide bonds. The van der Waals surface area contributed by atoms with Gasteiger partial charge in [0.15, 0.2) is 0 Å². The molecule has 0 radical (unpaired) electrons. The molecule has 2 N–H and O–H groups in total. The number of anilines is 1. The van der Waals surface area contributed by atoms with E-state index in [1.807, 2.05) is 19.1 Å². The first-order valence-corrected chi connectivity index (χ1v) is 9.01. The van der Waals surface area contributed by atoms with E-state index >= 15 is 0 Å². The van der Waals surface area contributed by atoms with Crippen LogP contribution >= 0.6 is 23.5 Å². The Balaban J connectivity index is 1.64. The second-order valence-electron chi connectivity index (χ2n) is 5.46. The summed E-state index contributed by atoms with van der Waals surface area (Å²) in [6.45, 7) is 1.47. The van der Waals surface area contributed by atoms with Crippen molar-refractivity contribution in [1.82, 2.24) is 10.2 Å². The van der Waals surface area contributed by atoms with Crippen molar-refractivity contribution in [2.45, 2.75) is 17.4 Å². The Labute approximate surface area is 151 Å². The van der Waals surface area contributed by atoms with Crippen molar-refractivity contribution < 1.29 is 24.0 Å². The molecule has 10 heteroatoms. The van der Waals surface area contributed by atoms with E-state index in [4.69, 9.17) is 0 Å². The molecule has 0 saturated carbocycles. The van der Waals surface area contributed by atoms with Crippen molar-refractivity contribution >= 4 is 57.4 Å². The topological polar surface area (TPSA) is 113 Å². The van der Waals surface area contributed by atoms with Gasteiger partial charge in [0.25, 0.3) is 10.5 Å². The van der Waals surface area contributed by atoms with E-state index in [2.05, 4.69) is 10.6 Å². The molecule has 2 saturated heterocycles. The fraction of sp³-hybridized carbons (Fsp3) is 0.267. The maximum absolute atomic E-state index is 12.4. The smallest absolute Gasteiger partial charge is 0.289 e. The van der Waals surface area contributed by atoms with Gasteiger partial charge in [0.1, 0.15) is 17.0 Å². The summed E-state index contributed by atoms with van der Waals surface area (Å²) in [5, 5.41) is 1.57. The van der Waals surface area contributed by atoms with Gasteiger partial charge in [0, 0.05) is 5.69 Å². The average Bonchev–Trinajstić information content (AvgIpc) is 3.02. The summed E-state index contributed by atoms with van der Waals surface area (Å²) >= 11 is 1.34. The molecule has 25 heavy (non-hydrogen) atoms. The third-order valence-corrected chi connectivity index (χ3v) is 5.97. The van der Waals surface area contributed by atoms with Gasteiger partial charge in [-0.05, 0) is 42.6 Å². The standard InChI is InChI=1S/C15H13N3O5S2/c1-7-2-4-8(5-3-7)16-9(19)6-18-13(21)11(25-15(18)23)10-12(20)17-14(22)24-10/h2-5,10-11H,6H2,1H3,(H,16,19)(H,17,20,22)/t10-,11-/m0/s1. The predicted molar refractivity (Wildman–Crippen MR) is 93.2 cm³/mol. The minimum Gasteiger partial charge on any atom is -0.325 e. The molecular weight excluding hydrogens is 366 g/mol. The number of nitrogens with one attached hydrogen (secondary N) is 2. The Bertz CT molecular complexity index is 780. The van der Waals surface area contributed by atoms with E-state index in [1.54, 1.807) is 12.1 Å². The van der Waals surface area contributed by atoms with Gasteiger partial charge >= 0.3 is 0 Å². The summed E-state index contributed by atoms with van der Waals surface area (Å²) in [5.74, 6) is -1.76. The van der Waals surface area contributed by atoms with Crippen LogP contribution in [0.25, 0.3) is 0 Å². The highest BCUT2D eigenvalue weighted by Gasteiger charge is 2.50. The fourth-order valence-corrected chi connectivity index (χ4v) is 4.45. The molecule has 2 heterocycles.